The third-order valence-electron chi connectivity index (χ3n) is 5.14. The lowest BCUT2D eigenvalue weighted by Crippen LogP contribution is -2.50. The summed E-state index contributed by atoms with van der Waals surface area (Å²) in [6.45, 7) is 17.7. The van der Waals surface area contributed by atoms with Crippen LogP contribution in [0.25, 0.3) is 0 Å². The highest BCUT2D eigenvalue weighted by atomic mass is 28.3. The molecule has 0 aliphatic carbocycles. The van der Waals surface area contributed by atoms with Crippen LogP contribution in [0.4, 0.5) is 0 Å². The van der Waals surface area contributed by atoms with Crippen LogP contribution in [0.2, 0.25) is 13.1 Å². The Kier molecular flexibility index (Phi) is 6.24. The summed E-state index contributed by atoms with van der Waals surface area (Å²) in [6, 6.07) is 12.0. The van der Waals surface area contributed by atoms with Crippen molar-refractivity contribution in [3.05, 3.63) is 47.5 Å². The van der Waals surface area contributed by atoms with E-state index in [1.807, 2.05) is 12.1 Å². The van der Waals surface area contributed by atoms with Gasteiger partial charge in [-0.25, -0.2) is 0 Å². The summed E-state index contributed by atoms with van der Waals surface area (Å²) in [6.07, 6.45) is 0.677. The van der Waals surface area contributed by atoms with Crippen LogP contribution >= 0.6 is 0 Å². The number of ether oxygens (including phenoxy) is 2. The normalized spacial score (nSPS) is 12.8. The fourth-order valence-corrected chi connectivity index (χ4v) is 5.80. The minimum atomic E-state index is -1.87. The van der Waals surface area contributed by atoms with Crippen molar-refractivity contribution in [1.29, 1.82) is 0 Å². The van der Waals surface area contributed by atoms with Gasteiger partial charge < -0.3 is 14.6 Å². The first kappa shape index (κ1) is 22.3. The van der Waals surface area contributed by atoms with Crippen molar-refractivity contribution in [1.82, 2.24) is 0 Å². The van der Waals surface area contributed by atoms with Crippen LogP contribution in [0.1, 0.15) is 52.7 Å². The van der Waals surface area contributed by atoms with Gasteiger partial charge in [0.05, 0.1) is 13.3 Å². The van der Waals surface area contributed by atoms with Gasteiger partial charge in [0.25, 0.3) is 0 Å². The number of methoxy groups -OCH3 is 1. The van der Waals surface area contributed by atoms with E-state index in [9.17, 15) is 5.11 Å². The summed E-state index contributed by atoms with van der Waals surface area (Å²) in [7, 11) is -0.156. The van der Waals surface area contributed by atoms with E-state index < -0.39 is 8.07 Å². The molecule has 1 N–H and O–H groups in total. The van der Waals surface area contributed by atoms with E-state index in [0.717, 1.165) is 17.1 Å². The Morgan fingerprint density at radius 1 is 0.821 bits per heavy atom. The van der Waals surface area contributed by atoms with Crippen molar-refractivity contribution in [2.45, 2.75) is 65.5 Å². The number of phenols is 1. The molecule has 0 amide bonds. The maximum absolute atomic E-state index is 10.2. The van der Waals surface area contributed by atoms with Crippen LogP contribution in [0.3, 0.4) is 0 Å². The van der Waals surface area contributed by atoms with E-state index in [2.05, 4.69) is 72.8 Å². The van der Waals surface area contributed by atoms with Crippen molar-refractivity contribution in [2.24, 2.45) is 0 Å². The molecule has 0 fully saturated rings. The second-order valence-corrected chi connectivity index (χ2v) is 14.9. The molecule has 0 saturated heterocycles. The highest BCUT2D eigenvalue weighted by molar-refractivity contribution is 6.90. The standard InChI is InChI=1S/C24H36O3Si/c1-23(2,3)19-15-18(10-12-21(19)25)27-16-28(8,9)22-13-11-17(26-7)14-20(22)24(4,5)6/h10-15,25H,16H2,1-9H3. The van der Waals surface area contributed by atoms with E-state index >= 15 is 0 Å². The average molecular weight is 401 g/mol. The van der Waals surface area contributed by atoms with Crippen LogP contribution < -0.4 is 14.7 Å². The van der Waals surface area contributed by atoms with Gasteiger partial charge in [-0.15, -0.1) is 0 Å². The lowest BCUT2D eigenvalue weighted by Gasteiger charge is -2.31. The number of phenolic OH excluding ortho intramolecular Hbond substituents is 1. The molecular weight excluding hydrogens is 364 g/mol. The Hall–Kier alpha value is -1.94. The summed E-state index contributed by atoms with van der Waals surface area (Å²) in [5.74, 6) is 2.03. The second kappa shape index (κ2) is 7.82. The molecule has 2 aromatic carbocycles. The maximum Gasteiger partial charge on any atom is 0.124 e. The SMILES string of the molecule is COc1ccc([Si](C)(C)COc2ccc(O)c(C(C)(C)C)c2)c(C(C)(C)C)c1. The van der Waals surface area contributed by atoms with Crippen molar-refractivity contribution in [3.8, 4) is 17.2 Å². The lowest BCUT2D eigenvalue weighted by atomic mass is 9.86. The molecule has 0 radical (unpaired) electrons. The fraction of sp³-hybridized carbons (Fsp3) is 0.500. The predicted molar refractivity (Wildman–Crippen MR) is 121 cm³/mol. The van der Waals surface area contributed by atoms with Gasteiger partial charge in [-0.1, -0.05) is 65.9 Å². The number of hydrogen-bond acceptors (Lipinski definition) is 3. The number of aromatic hydroxyl groups is 1. The smallest absolute Gasteiger partial charge is 0.124 e. The van der Waals surface area contributed by atoms with Crippen molar-refractivity contribution in [2.75, 3.05) is 13.3 Å². The summed E-state index contributed by atoms with van der Waals surface area (Å²) in [5, 5.41) is 11.6. The van der Waals surface area contributed by atoms with Gasteiger partial charge in [0.2, 0.25) is 0 Å². The molecule has 2 rings (SSSR count). The summed E-state index contributed by atoms with van der Waals surface area (Å²) in [5.41, 5.74) is 2.13. The first-order valence-electron chi connectivity index (χ1n) is 9.91. The molecule has 0 saturated carbocycles. The zero-order valence-electron chi connectivity index (χ0n) is 18.9. The number of hydrogen-bond donors (Lipinski definition) is 1. The molecule has 154 valence electrons. The molecule has 0 spiro atoms. The topological polar surface area (TPSA) is 38.7 Å². The summed E-state index contributed by atoms with van der Waals surface area (Å²) >= 11 is 0. The van der Waals surface area contributed by atoms with E-state index in [0.29, 0.717) is 12.0 Å². The van der Waals surface area contributed by atoms with Gasteiger partial charge in [0.1, 0.15) is 25.3 Å². The monoisotopic (exact) mass is 400 g/mol. The Morgan fingerprint density at radius 3 is 1.89 bits per heavy atom. The maximum atomic E-state index is 10.2. The molecule has 0 heterocycles. The van der Waals surface area contributed by atoms with Crippen LogP contribution in [0, 0.1) is 0 Å². The molecule has 0 bridgehead atoms. The first-order valence-corrected chi connectivity index (χ1v) is 13.1. The van der Waals surface area contributed by atoms with Crippen LogP contribution in [-0.2, 0) is 10.8 Å². The van der Waals surface area contributed by atoms with E-state index in [4.69, 9.17) is 9.47 Å². The third-order valence-corrected chi connectivity index (χ3v) is 7.90. The Balaban J connectivity index is 2.33. The summed E-state index contributed by atoms with van der Waals surface area (Å²) < 4.78 is 11.7. The van der Waals surface area contributed by atoms with Crippen molar-refractivity contribution < 1.29 is 14.6 Å². The molecule has 0 unspecified atom stereocenters. The number of benzene rings is 2. The van der Waals surface area contributed by atoms with Crippen molar-refractivity contribution in [3.63, 3.8) is 0 Å². The minimum Gasteiger partial charge on any atom is -0.508 e. The van der Waals surface area contributed by atoms with Gasteiger partial charge in [0.15, 0.2) is 0 Å². The largest absolute Gasteiger partial charge is 0.508 e. The molecule has 2 aromatic rings. The van der Waals surface area contributed by atoms with Crippen LogP contribution in [0.15, 0.2) is 36.4 Å². The molecule has 0 aliphatic rings. The molecule has 0 aliphatic heterocycles. The van der Waals surface area contributed by atoms with Gasteiger partial charge in [-0.2, -0.15) is 0 Å². The lowest BCUT2D eigenvalue weighted by molar-refractivity contribution is 0.374. The zero-order chi connectivity index (χ0) is 21.3. The first-order chi connectivity index (χ1) is 12.8. The highest BCUT2D eigenvalue weighted by Crippen LogP contribution is 2.34. The zero-order valence-corrected chi connectivity index (χ0v) is 19.9. The van der Waals surface area contributed by atoms with E-state index in [1.165, 1.54) is 10.8 Å². The Bertz CT molecular complexity index is 827. The Labute approximate surface area is 171 Å². The van der Waals surface area contributed by atoms with E-state index in [-0.39, 0.29) is 10.8 Å². The van der Waals surface area contributed by atoms with Gasteiger partial charge in [-0.05, 0) is 46.7 Å². The van der Waals surface area contributed by atoms with Gasteiger partial charge in [-0.3, -0.25) is 0 Å². The molecule has 4 heteroatoms. The van der Waals surface area contributed by atoms with Gasteiger partial charge >= 0.3 is 0 Å². The van der Waals surface area contributed by atoms with Gasteiger partial charge in [0, 0.05) is 5.56 Å². The molecular formula is C24H36O3Si. The quantitative estimate of drug-likeness (QED) is 0.671. The third kappa shape index (κ3) is 5.10. The molecule has 3 nitrogen and oxygen atoms in total. The van der Waals surface area contributed by atoms with Crippen LogP contribution in [-0.4, -0.2) is 26.5 Å². The van der Waals surface area contributed by atoms with Crippen LogP contribution in [0.5, 0.6) is 17.2 Å². The fourth-order valence-electron chi connectivity index (χ4n) is 3.41. The summed E-state index contributed by atoms with van der Waals surface area (Å²) in [4.78, 5) is 0. The molecule has 28 heavy (non-hydrogen) atoms. The van der Waals surface area contributed by atoms with E-state index in [1.54, 1.807) is 13.2 Å². The number of rotatable bonds is 5. The molecule has 0 atom stereocenters. The average Bonchev–Trinajstić information content (AvgIpc) is 2.58. The highest BCUT2D eigenvalue weighted by Gasteiger charge is 2.32. The van der Waals surface area contributed by atoms with Crippen molar-refractivity contribution >= 4 is 13.3 Å². The molecule has 0 aromatic heterocycles. The predicted octanol–water partition coefficient (Wildman–Crippen LogP) is 5.53. The second-order valence-electron chi connectivity index (χ2n) is 10.3. The minimum absolute atomic E-state index is 0.0338. The Morgan fingerprint density at radius 2 is 1.36 bits per heavy atom.